The van der Waals surface area contributed by atoms with Gasteiger partial charge in [-0.05, 0) is 35.9 Å². The van der Waals surface area contributed by atoms with E-state index in [0.29, 0.717) is 16.1 Å². The van der Waals surface area contributed by atoms with Gasteiger partial charge in [0, 0.05) is 10.6 Å². The Morgan fingerprint density at radius 2 is 1.71 bits per heavy atom. The van der Waals surface area contributed by atoms with Crippen LogP contribution in [0.15, 0.2) is 54.6 Å². The van der Waals surface area contributed by atoms with Gasteiger partial charge in [-0.25, -0.2) is 0 Å². The number of alkyl halides is 3. The second kappa shape index (κ2) is 6.14. The van der Waals surface area contributed by atoms with Crippen LogP contribution in [0.2, 0.25) is 5.02 Å². The molecule has 0 bridgehead atoms. The van der Waals surface area contributed by atoms with Gasteiger partial charge in [-0.3, -0.25) is 4.79 Å². The highest BCUT2D eigenvalue weighted by Gasteiger charge is 2.29. The van der Waals surface area contributed by atoms with Crippen molar-refractivity contribution in [3.05, 3.63) is 76.3 Å². The number of benzene rings is 2. The number of hydrogen-bond donors (Lipinski definition) is 0. The molecule has 0 aromatic heterocycles. The summed E-state index contributed by atoms with van der Waals surface area (Å²) in [5, 5.41) is 0.448. The van der Waals surface area contributed by atoms with Crippen molar-refractivity contribution in [1.29, 1.82) is 0 Å². The molecule has 0 N–H and O–H groups in total. The minimum atomic E-state index is -4.36. The van der Waals surface area contributed by atoms with E-state index in [1.807, 2.05) is 0 Å². The average Bonchev–Trinajstić information content (AvgIpc) is 2.44. The largest absolute Gasteiger partial charge is 0.416 e. The molecule has 0 fully saturated rings. The van der Waals surface area contributed by atoms with Crippen LogP contribution in [0.25, 0.3) is 6.08 Å². The van der Waals surface area contributed by atoms with Crippen molar-refractivity contribution in [1.82, 2.24) is 0 Å². The lowest BCUT2D eigenvalue weighted by atomic mass is 10.1. The third-order valence-electron chi connectivity index (χ3n) is 2.77. The first-order valence-electron chi connectivity index (χ1n) is 6.01. The SMILES string of the molecule is O=C(C=Cc1ccc(C(F)(F)F)cc1)c1cccc(Cl)c1. The highest BCUT2D eigenvalue weighted by molar-refractivity contribution is 6.31. The van der Waals surface area contributed by atoms with Crippen LogP contribution in [0.3, 0.4) is 0 Å². The predicted octanol–water partition coefficient (Wildman–Crippen LogP) is 5.25. The van der Waals surface area contributed by atoms with Crippen LogP contribution in [0.5, 0.6) is 0 Å². The Kier molecular flexibility index (Phi) is 4.48. The molecule has 0 amide bonds. The highest BCUT2D eigenvalue weighted by atomic mass is 35.5. The van der Waals surface area contributed by atoms with Crippen molar-refractivity contribution in [2.45, 2.75) is 6.18 Å². The molecule has 0 atom stereocenters. The molecule has 5 heteroatoms. The van der Waals surface area contributed by atoms with Gasteiger partial charge >= 0.3 is 6.18 Å². The molecule has 0 unspecified atom stereocenters. The zero-order valence-corrected chi connectivity index (χ0v) is 11.4. The Morgan fingerprint density at radius 1 is 1.05 bits per heavy atom. The number of hydrogen-bond acceptors (Lipinski definition) is 1. The molecule has 21 heavy (non-hydrogen) atoms. The van der Waals surface area contributed by atoms with Gasteiger partial charge in [-0.1, -0.05) is 41.9 Å². The maximum atomic E-state index is 12.4. The van der Waals surface area contributed by atoms with Crippen molar-refractivity contribution >= 4 is 23.5 Å². The van der Waals surface area contributed by atoms with Crippen molar-refractivity contribution in [2.24, 2.45) is 0 Å². The van der Waals surface area contributed by atoms with Crippen LogP contribution >= 0.6 is 11.6 Å². The highest BCUT2D eigenvalue weighted by Crippen LogP contribution is 2.29. The predicted molar refractivity (Wildman–Crippen MR) is 76.3 cm³/mol. The minimum absolute atomic E-state index is 0.266. The first-order chi connectivity index (χ1) is 9.86. The normalized spacial score (nSPS) is 11.8. The monoisotopic (exact) mass is 310 g/mol. The minimum Gasteiger partial charge on any atom is -0.289 e. The summed E-state index contributed by atoms with van der Waals surface area (Å²) in [5.41, 5.74) is 0.213. The molecule has 0 spiro atoms. The molecule has 0 saturated heterocycles. The molecular weight excluding hydrogens is 301 g/mol. The molecule has 1 nitrogen and oxygen atoms in total. The quantitative estimate of drug-likeness (QED) is 0.558. The average molecular weight is 311 g/mol. The van der Waals surface area contributed by atoms with Gasteiger partial charge in [0.05, 0.1) is 5.56 Å². The molecule has 2 rings (SSSR count). The standard InChI is InChI=1S/C16H10ClF3O/c17-14-3-1-2-12(10-14)15(21)9-6-11-4-7-13(8-5-11)16(18,19)20/h1-10H. The summed E-state index contributed by atoms with van der Waals surface area (Å²) in [6.45, 7) is 0. The van der Waals surface area contributed by atoms with Gasteiger partial charge in [0.25, 0.3) is 0 Å². The summed E-state index contributed by atoms with van der Waals surface area (Å²) >= 11 is 5.78. The van der Waals surface area contributed by atoms with Gasteiger partial charge in [0.15, 0.2) is 5.78 Å². The Hall–Kier alpha value is -2.07. The van der Waals surface area contributed by atoms with E-state index in [9.17, 15) is 18.0 Å². The summed E-state index contributed by atoms with van der Waals surface area (Å²) in [6.07, 6.45) is -1.60. The van der Waals surface area contributed by atoms with E-state index in [2.05, 4.69) is 0 Å². The first-order valence-corrected chi connectivity index (χ1v) is 6.39. The summed E-state index contributed by atoms with van der Waals surface area (Å²) in [5.74, 6) is -0.266. The number of carbonyl (C=O) groups excluding carboxylic acids is 1. The number of rotatable bonds is 3. The Bertz CT molecular complexity index is 673. The summed E-state index contributed by atoms with van der Waals surface area (Å²) in [6, 6.07) is 11.0. The van der Waals surface area contributed by atoms with Crippen LogP contribution < -0.4 is 0 Å². The van der Waals surface area contributed by atoms with E-state index in [1.165, 1.54) is 30.4 Å². The number of ketones is 1. The van der Waals surface area contributed by atoms with Crippen LogP contribution in [0, 0.1) is 0 Å². The fourth-order valence-electron chi connectivity index (χ4n) is 1.69. The lowest BCUT2D eigenvalue weighted by molar-refractivity contribution is -0.137. The molecule has 2 aromatic carbocycles. The molecule has 0 heterocycles. The number of carbonyl (C=O) groups is 1. The van der Waals surface area contributed by atoms with Crippen LogP contribution in [-0.2, 0) is 6.18 Å². The van der Waals surface area contributed by atoms with E-state index >= 15 is 0 Å². The van der Waals surface area contributed by atoms with E-state index < -0.39 is 11.7 Å². The Labute approximate surface area is 124 Å². The molecule has 0 radical (unpaired) electrons. The van der Waals surface area contributed by atoms with Gasteiger partial charge in [0.2, 0.25) is 0 Å². The molecule has 2 aromatic rings. The number of halogens is 4. The van der Waals surface area contributed by atoms with Crippen molar-refractivity contribution < 1.29 is 18.0 Å². The lowest BCUT2D eigenvalue weighted by Gasteiger charge is -2.05. The fourth-order valence-corrected chi connectivity index (χ4v) is 1.88. The molecule has 108 valence electrons. The zero-order chi connectivity index (χ0) is 15.5. The molecular formula is C16H10ClF3O. The van der Waals surface area contributed by atoms with Crippen molar-refractivity contribution in [3.8, 4) is 0 Å². The molecule has 0 aliphatic rings. The maximum Gasteiger partial charge on any atom is 0.416 e. The zero-order valence-electron chi connectivity index (χ0n) is 10.7. The van der Waals surface area contributed by atoms with Crippen LogP contribution in [-0.4, -0.2) is 5.78 Å². The first kappa shape index (κ1) is 15.3. The van der Waals surface area contributed by atoms with E-state index in [4.69, 9.17) is 11.6 Å². The Morgan fingerprint density at radius 3 is 2.29 bits per heavy atom. The summed E-state index contributed by atoms with van der Waals surface area (Å²) in [4.78, 5) is 11.9. The second-order valence-electron chi connectivity index (χ2n) is 4.33. The third kappa shape index (κ3) is 4.20. The Balaban J connectivity index is 2.12. The van der Waals surface area contributed by atoms with E-state index in [1.54, 1.807) is 18.2 Å². The maximum absolute atomic E-state index is 12.4. The molecule has 0 aliphatic carbocycles. The summed E-state index contributed by atoms with van der Waals surface area (Å²) in [7, 11) is 0. The van der Waals surface area contributed by atoms with E-state index in [0.717, 1.165) is 12.1 Å². The topological polar surface area (TPSA) is 17.1 Å². The fraction of sp³-hybridized carbons (Fsp3) is 0.0625. The van der Waals surface area contributed by atoms with Crippen molar-refractivity contribution in [2.75, 3.05) is 0 Å². The summed E-state index contributed by atoms with van der Waals surface area (Å²) < 4.78 is 37.2. The molecule has 0 saturated carbocycles. The number of allylic oxidation sites excluding steroid dienone is 1. The van der Waals surface area contributed by atoms with Crippen LogP contribution in [0.1, 0.15) is 21.5 Å². The van der Waals surface area contributed by atoms with Gasteiger partial charge in [-0.15, -0.1) is 0 Å². The van der Waals surface area contributed by atoms with Gasteiger partial charge in [-0.2, -0.15) is 13.2 Å². The molecule has 0 aliphatic heterocycles. The van der Waals surface area contributed by atoms with Crippen molar-refractivity contribution in [3.63, 3.8) is 0 Å². The second-order valence-corrected chi connectivity index (χ2v) is 4.76. The third-order valence-corrected chi connectivity index (χ3v) is 3.01. The van der Waals surface area contributed by atoms with Crippen LogP contribution in [0.4, 0.5) is 13.2 Å². The smallest absolute Gasteiger partial charge is 0.289 e. The van der Waals surface area contributed by atoms with Gasteiger partial charge < -0.3 is 0 Å². The van der Waals surface area contributed by atoms with E-state index in [-0.39, 0.29) is 5.78 Å². The lowest BCUT2D eigenvalue weighted by Crippen LogP contribution is -2.04. The van der Waals surface area contributed by atoms with Gasteiger partial charge in [0.1, 0.15) is 0 Å².